The highest BCUT2D eigenvalue weighted by Gasteiger charge is 2.20. The predicted molar refractivity (Wildman–Crippen MR) is 49.7 cm³/mol. The van der Waals surface area contributed by atoms with Crippen LogP contribution in [0.5, 0.6) is 0 Å². The first-order valence-corrected chi connectivity index (χ1v) is 4.04. The molecule has 3 nitrogen and oxygen atoms in total. The van der Waals surface area contributed by atoms with Gasteiger partial charge in [-0.25, -0.2) is 0 Å². The summed E-state index contributed by atoms with van der Waals surface area (Å²) in [7, 11) is 0. The van der Waals surface area contributed by atoms with Gasteiger partial charge in [0, 0.05) is 22.5 Å². The van der Waals surface area contributed by atoms with E-state index in [1.165, 1.54) is 0 Å². The van der Waals surface area contributed by atoms with Crippen molar-refractivity contribution >= 4 is 22.4 Å². The fourth-order valence-electron chi connectivity index (χ4n) is 1.71. The molecule has 13 heavy (non-hydrogen) atoms. The third-order valence-electron chi connectivity index (χ3n) is 2.28. The number of carbonyl (C=O) groups excluding carboxylic acids is 1. The van der Waals surface area contributed by atoms with E-state index in [2.05, 4.69) is 10.3 Å². The molecule has 3 rings (SSSR count). The highest BCUT2D eigenvalue weighted by Crippen LogP contribution is 2.31. The Hall–Kier alpha value is -1.90. The second-order valence-corrected chi connectivity index (χ2v) is 3.04. The van der Waals surface area contributed by atoms with Gasteiger partial charge in [0.05, 0.1) is 11.9 Å². The molecule has 0 unspecified atom stereocenters. The van der Waals surface area contributed by atoms with Crippen LogP contribution in [0, 0.1) is 0 Å². The van der Waals surface area contributed by atoms with Crippen molar-refractivity contribution in [3.63, 3.8) is 0 Å². The summed E-state index contributed by atoms with van der Waals surface area (Å²) in [6.45, 7) is 0. The average Bonchev–Trinajstić information content (AvgIpc) is 2.47. The van der Waals surface area contributed by atoms with Crippen LogP contribution in [0.3, 0.4) is 0 Å². The Morgan fingerprint density at radius 3 is 3.08 bits per heavy atom. The van der Waals surface area contributed by atoms with Crippen LogP contribution in [-0.2, 0) is 0 Å². The number of pyridine rings is 1. The van der Waals surface area contributed by atoms with Crippen LogP contribution in [0.25, 0.3) is 10.8 Å². The number of nitrogens with zero attached hydrogens (tertiary/aromatic N) is 1. The van der Waals surface area contributed by atoms with E-state index in [4.69, 9.17) is 0 Å². The molecule has 0 aliphatic carbocycles. The van der Waals surface area contributed by atoms with E-state index in [1.54, 1.807) is 12.4 Å². The van der Waals surface area contributed by atoms with Gasteiger partial charge in [0.15, 0.2) is 0 Å². The van der Waals surface area contributed by atoms with Crippen molar-refractivity contribution in [2.24, 2.45) is 0 Å². The Kier molecular flexibility index (Phi) is 1.05. The van der Waals surface area contributed by atoms with E-state index < -0.39 is 0 Å². The molecule has 1 aromatic carbocycles. The van der Waals surface area contributed by atoms with Gasteiger partial charge < -0.3 is 5.32 Å². The molecular formula is C10H6N2O. The first kappa shape index (κ1) is 6.60. The number of hydrogen-bond donors (Lipinski definition) is 1. The number of rotatable bonds is 0. The third-order valence-corrected chi connectivity index (χ3v) is 2.28. The average molecular weight is 170 g/mol. The van der Waals surface area contributed by atoms with Gasteiger partial charge >= 0.3 is 0 Å². The fourth-order valence-corrected chi connectivity index (χ4v) is 1.71. The number of benzene rings is 1. The zero-order chi connectivity index (χ0) is 8.84. The van der Waals surface area contributed by atoms with Crippen molar-refractivity contribution in [2.45, 2.75) is 0 Å². The monoisotopic (exact) mass is 170 g/mol. The number of nitrogens with one attached hydrogen (secondary N) is 1. The maximum absolute atomic E-state index is 11.4. The van der Waals surface area contributed by atoms with E-state index in [0.717, 1.165) is 22.0 Å². The van der Waals surface area contributed by atoms with Crippen LogP contribution >= 0.6 is 0 Å². The summed E-state index contributed by atoms with van der Waals surface area (Å²) in [5.41, 5.74) is 1.56. The number of carbonyl (C=O) groups is 1. The summed E-state index contributed by atoms with van der Waals surface area (Å²) in [4.78, 5) is 15.4. The number of aromatic nitrogens is 1. The number of hydrogen-bond acceptors (Lipinski definition) is 2. The Morgan fingerprint density at radius 2 is 2.15 bits per heavy atom. The minimum atomic E-state index is -0.0337. The van der Waals surface area contributed by atoms with E-state index in [-0.39, 0.29) is 5.91 Å². The Labute approximate surface area is 74.4 Å². The highest BCUT2D eigenvalue weighted by atomic mass is 16.1. The van der Waals surface area contributed by atoms with Crippen molar-refractivity contribution in [1.29, 1.82) is 0 Å². The topological polar surface area (TPSA) is 42.0 Å². The standard InChI is InChI=1S/C10H6N2O/c13-10-7-3-1-2-6-4-11-5-8(12-10)9(6)7/h1-5H,(H,12,13). The minimum Gasteiger partial charge on any atom is -0.320 e. The normalized spacial score (nSPS) is 13.4. The molecule has 0 atom stereocenters. The largest absolute Gasteiger partial charge is 0.320 e. The van der Waals surface area contributed by atoms with Crippen LogP contribution in [0.2, 0.25) is 0 Å². The molecule has 3 heteroatoms. The van der Waals surface area contributed by atoms with Gasteiger partial charge in [0.1, 0.15) is 0 Å². The van der Waals surface area contributed by atoms with Gasteiger partial charge in [-0.2, -0.15) is 0 Å². The van der Waals surface area contributed by atoms with Crippen molar-refractivity contribution in [3.05, 3.63) is 36.2 Å². The molecule has 1 aliphatic rings. The molecule has 0 saturated heterocycles. The molecule has 0 bridgehead atoms. The lowest BCUT2D eigenvalue weighted by Crippen LogP contribution is -2.03. The van der Waals surface area contributed by atoms with Crippen molar-refractivity contribution in [2.75, 3.05) is 5.32 Å². The summed E-state index contributed by atoms with van der Waals surface area (Å²) >= 11 is 0. The second kappa shape index (κ2) is 2.07. The van der Waals surface area contributed by atoms with E-state index >= 15 is 0 Å². The molecule has 1 amide bonds. The lowest BCUT2D eigenvalue weighted by Gasteiger charge is -1.96. The van der Waals surface area contributed by atoms with Crippen molar-refractivity contribution in [3.8, 4) is 0 Å². The summed E-state index contributed by atoms with van der Waals surface area (Å²) in [6.07, 6.45) is 3.44. The molecule has 0 saturated carbocycles. The van der Waals surface area contributed by atoms with Crippen LogP contribution in [0.15, 0.2) is 30.6 Å². The Balaban J connectivity index is 2.58. The first-order chi connectivity index (χ1) is 6.36. The van der Waals surface area contributed by atoms with Crippen molar-refractivity contribution in [1.82, 2.24) is 4.98 Å². The van der Waals surface area contributed by atoms with Crippen molar-refractivity contribution < 1.29 is 4.79 Å². The maximum Gasteiger partial charge on any atom is 0.256 e. The number of amides is 1. The SMILES string of the molecule is O=C1Nc2cncc3cccc1c23. The molecule has 0 fully saturated rings. The van der Waals surface area contributed by atoms with Gasteiger partial charge in [-0.3, -0.25) is 9.78 Å². The van der Waals surface area contributed by atoms with Crippen LogP contribution < -0.4 is 5.32 Å². The highest BCUT2D eigenvalue weighted by molar-refractivity contribution is 6.23. The summed E-state index contributed by atoms with van der Waals surface area (Å²) in [6, 6.07) is 5.65. The van der Waals surface area contributed by atoms with Gasteiger partial charge in [-0.15, -0.1) is 0 Å². The molecule has 1 N–H and O–H groups in total. The third kappa shape index (κ3) is 0.731. The zero-order valence-corrected chi connectivity index (χ0v) is 6.74. The maximum atomic E-state index is 11.4. The van der Waals surface area contributed by atoms with Gasteiger partial charge in [-0.05, 0) is 6.07 Å². The van der Waals surface area contributed by atoms with E-state index in [1.807, 2.05) is 18.2 Å². The zero-order valence-electron chi connectivity index (χ0n) is 6.74. The lowest BCUT2D eigenvalue weighted by atomic mass is 10.1. The Bertz CT molecular complexity index is 514. The molecule has 0 radical (unpaired) electrons. The fraction of sp³-hybridized carbons (Fsp3) is 0. The molecule has 2 aromatic rings. The van der Waals surface area contributed by atoms with Crippen LogP contribution in [0.4, 0.5) is 5.69 Å². The van der Waals surface area contributed by atoms with Gasteiger partial charge in [0.2, 0.25) is 0 Å². The molecular weight excluding hydrogens is 164 g/mol. The van der Waals surface area contributed by atoms with Gasteiger partial charge in [-0.1, -0.05) is 12.1 Å². The molecule has 1 aliphatic heterocycles. The molecule has 2 heterocycles. The minimum absolute atomic E-state index is 0.0337. The van der Waals surface area contributed by atoms with Crippen LogP contribution in [-0.4, -0.2) is 10.9 Å². The smallest absolute Gasteiger partial charge is 0.256 e. The quantitative estimate of drug-likeness (QED) is 0.655. The van der Waals surface area contributed by atoms with Crippen LogP contribution in [0.1, 0.15) is 10.4 Å². The molecule has 62 valence electrons. The van der Waals surface area contributed by atoms with Gasteiger partial charge in [0.25, 0.3) is 5.91 Å². The van der Waals surface area contributed by atoms with E-state index in [9.17, 15) is 4.79 Å². The van der Waals surface area contributed by atoms with E-state index in [0.29, 0.717) is 0 Å². The Morgan fingerprint density at radius 1 is 1.23 bits per heavy atom. The molecule has 0 spiro atoms. The second-order valence-electron chi connectivity index (χ2n) is 3.04. The summed E-state index contributed by atoms with van der Waals surface area (Å²) in [5.74, 6) is -0.0337. The summed E-state index contributed by atoms with van der Waals surface area (Å²) in [5, 5.41) is 4.77. The first-order valence-electron chi connectivity index (χ1n) is 4.04. The number of anilines is 1. The summed E-state index contributed by atoms with van der Waals surface area (Å²) < 4.78 is 0. The lowest BCUT2D eigenvalue weighted by molar-refractivity contribution is 0.103. The molecule has 1 aromatic heterocycles. The predicted octanol–water partition coefficient (Wildman–Crippen LogP) is 1.80.